The van der Waals surface area contributed by atoms with E-state index in [9.17, 15) is 0 Å². The van der Waals surface area contributed by atoms with Crippen LogP contribution in [0.5, 0.6) is 0 Å². The zero-order chi connectivity index (χ0) is 25.6. The van der Waals surface area contributed by atoms with E-state index in [4.69, 9.17) is 4.43 Å². The minimum absolute atomic E-state index is 0.0118. The summed E-state index contributed by atoms with van der Waals surface area (Å²) in [6, 6.07) is 23.3. The van der Waals surface area contributed by atoms with Gasteiger partial charge in [-0.25, -0.2) is 0 Å². The van der Waals surface area contributed by atoms with Crippen LogP contribution >= 0.6 is 0 Å². The van der Waals surface area contributed by atoms with Crippen LogP contribution in [0.25, 0.3) is 0 Å². The molecule has 2 aromatic rings. The van der Waals surface area contributed by atoms with Crippen LogP contribution < -0.4 is 0 Å². The van der Waals surface area contributed by atoms with Gasteiger partial charge in [0.05, 0.1) is 21.7 Å². The van der Waals surface area contributed by atoms with Crippen LogP contribution in [0.3, 0.4) is 0 Å². The fourth-order valence-corrected chi connectivity index (χ4v) is 23.5. The van der Waals surface area contributed by atoms with Crippen LogP contribution in [0.15, 0.2) is 60.7 Å². The molecule has 2 aromatic carbocycles. The number of benzene rings is 2. The van der Waals surface area contributed by atoms with E-state index in [0.29, 0.717) is 5.41 Å². The summed E-state index contributed by atoms with van der Waals surface area (Å²) in [5.41, 5.74) is 3.41. The molecule has 1 heterocycles. The van der Waals surface area contributed by atoms with Crippen molar-refractivity contribution in [2.75, 3.05) is 0 Å². The van der Waals surface area contributed by atoms with Gasteiger partial charge >= 0.3 is 0 Å². The maximum atomic E-state index is 8.01. The van der Waals surface area contributed by atoms with Crippen molar-refractivity contribution in [3.63, 3.8) is 0 Å². The maximum Gasteiger partial charge on any atom is 0.184 e. The summed E-state index contributed by atoms with van der Waals surface area (Å²) in [6.07, 6.45) is 8.75. The summed E-state index contributed by atoms with van der Waals surface area (Å²) in [5.74, 6) is 2.80. The van der Waals surface area contributed by atoms with Crippen molar-refractivity contribution in [1.82, 2.24) is 0 Å². The van der Waals surface area contributed by atoms with E-state index in [0.717, 1.165) is 17.8 Å². The Labute approximate surface area is 223 Å². The molecule has 4 heteroatoms. The summed E-state index contributed by atoms with van der Waals surface area (Å²) in [4.78, 5) is 0. The lowest BCUT2D eigenvalue weighted by molar-refractivity contribution is -0.147. The molecule has 4 fully saturated rings. The number of rotatable bonds is 6. The highest BCUT2D eigenvalue weighted by Gasteiger charge is 2.78. The third-order valence-electron chi connectivity index (χ3n) is 10.4. The second kappa shape index (κ2) is 8.21. The first-order valence-electron chi connectivity index (χ1n) is 14.5. The standard InChI is InChI=1S/C32H46OSi3/c1-34-29(27-14-10-8-11-15-27)31(35(2,3)4,28-16-12-9-13-17-28)32(34,33-36(5,6)7)30-21-24-18-25(22-30)20-26(19-24)23-30/h8-17,24-26H,18-23H2,1-7H3. The average Bonchev–Trinajstić information content (AvgIpc) is 2.79. The smallest absolute Gasteiger partial charge is 0.184 e. The lowest BCUT2D eigenvalue weighted by Crippen LogP contribution is -2.88. The van der Waals surface area contributed by atoms with Crippen molar-refractivity contribution in [1.29, 1.82) is 0 Å². The SMILES string of the molecule is C[Si]1=C(c2ccccc2)C(c2ccccc2)([Si](C)(C)C)C1(O[Si](C)(C)C)C12CC3CC(CC(C3)C1)C2. The molecule has 192 valence electrons. The van der Waals surface area contributed by atoms with Gasteiger partial charge in [-0.1, -0.05) is 86.9 Å². The van der Waals surface area contributed by atoms with Gasteiger partial charge < -0.3 is 4.43 Å². The van der Waals surface area contributed by atoms with Gasteiger partial charge in [0.25, 0.3) is 0 Å². The van der Waals surface area contributed by atoms with Gasteiger partial charge in [0.15, 0.2) is 8.32 Å². The minimum Gasteiger partial charge on any atom is -0.411 e. The first kappa shape index (κ1) is 25.2. The maximum absolute atomic E-state index is 8.01. The lowest BCUT2D eigenvalue weighted by Gasteiger charge is -2.76. The van der Waals surface area contributed by atoms with E-state index in [1.54, 1.807) is 10.7 Å². The van der Waals surface area contributed by atoms with E-state index in [1.165, 1.54) is 44.1 Å². The Balaban J connectivity index is 1.73. The molecule has 0 spiro atoms. The highest BCUT2D eigenvalue weighted by molar-refractivity contribution is 6.97. The molecule has 4 aliphatic carbocycles. The van der Waals surface area contributed by atoms with Gasteiger partial charge in [-0.15, -0.1) is 0 Å². The molecule has 0 amide bonds. The fraction of sp³-hybridized carbons (Fsp3) is 0.594. The summed E-state index contributed by atoms with van der Waals surface area (Å²) in [5, 5.41) is 1.80. The van der Waals surface area contributed by atoms with Gasteiger partial charge in [-0.3, -0.25) is 0 Å². The quantitative estimate of drug-likeness (QED) is 0.343. The molecule has 2 unspecified atom stereocenters. The molecular formula is C32H46OSi3. The van der Waals surface area contributed by atoms with E-state index in [1.807, 2.05) is 0 Å². The molecule has 4 saturated carbocycles. The Hall–Kier alpha value is -1.08. The van der Waals surface area contributed by atoms with E-state index in [-0.39, 0.29) is 10.3 Å². The topological polar surface area (TPSA) is 9.23 Å². The Morgan fingerprint density at radius 1 is 0.722 bits per heavy atom. The summed E-state index contributed by atoms with van der Waals surface area (Å²) < 4.78 is 8.01. The highest BCUT2D eigenvalue weighted by atomic mass is 28.4. The van der Waals surface area contributed by atoms with Crippen molar-refractivity contribution in [3.05, 3.63) is 71.8 Å². The zero-order valence-electron chi connectivity index (χ0n) is 23.7. The Bertz CT molecular complexity index is 1140. The predicted octanol–water partition coefficient (Wildman–Crippen LogP) is 8.09. The monoisotopic (exact) mass is 530 g/mol. The largest absolute Gasteiger partial charge is 0.411 e. The van der Waals surface area contributed by atoms with E-state index < -0.39 is 24.8 Å². The van der Waals surface area contributed by atoms with Crippen LogP contribution in [-0.2, 0) is 9.46 Å². The molecule has 0 N–H and O–H groups in total. The Kier molecular flexibility index (Phi) is 5.75. The van der Waals surface area contributed by atoms with Crippen LogP contribution in [0.4, 0.5) is 0 Å². The molecule has 2 atom stereocenters. The van der Waals surface area contributed by atoms with Crippen LogP contribution in [0.2, 0.25) is 45.8 Å². The summed E-state index contributed by atoms with van der Waals surface area (Å²) >= 11 is 0. The van der Waals surface area contributed by atoms with Gasteiger partial charge in [-0.05, 0) is 97.6 Å². The first-order valence-corrected chi connectivity index (χ1v) is 23.4. The van der Waals surface area contributed by atoms with Gasteiger partial charge in [0.2, 0.25) is 0 Å². The van der Waals surface area contributed by atoms with Crippen LogP contribution in [-0.4, -0.2) is 35.2 Å². The molecule has 1 nitrogen and oxygen atoms in total. The molecular weight excluding hydrogens is 485 g/mol. The van der Waals surface area contributed by atoms with Crippen molar-refractivity contribution in [2.24, 2.45) is 23.2 Å². The first-order chi connectivity index (χ1) is 16.9. The Morgan fingerprint density at radius 2 is 1.19 bits per heavy atom. The van der Waals surface area contributed by atoms with Crippen molar-refractivity contribution in [2.45, 2.75) is 94.6 Å². The van der Waals surface area contributed by atoms with Gasteiger partial charge in [-0.2, -0.15) is 0 Å². The molecule has 5 aliphatic rings. The van der Waals surface area contributed by atoms with Gasteiger partial charge in [0.1, 0.15) is 0 Å². The third kappa shape index (κ3) is 3.29. The summed E-state index contributed by atoms with van der Waals surface area (Å²) in [6.45, 7) is 18.1. The molecule has 36 heavy (non-hydrogen) atoms. The predicted molar refractivity (Wildman–Crippen MR) is 161 cm³/mol. The fourth-order valence-electron chi connectivity index (χ4n) is 10.3. The van der Waals surface area contributed by atoms with Crippen molar-refractivity contribution < 1.29 is 4.43 Å². The normalized spacial score (nSPS) is 37.8. The number of hydrogen-bond donors (Lipinski definition) is 0. The zero-order valence-corrected chi connectivity index (χ0v) is 26.7. The van der Waals surface area contributed by atoms with Crippen molar-refractivity contribution in [3.8, 4) is 0 Å². The second-order valence-electron chi connectivity index (χ2n) is 14.8. The average molecular weight is 531 g/mol. The summed E-state index contributed by atoms with van der Waals surface area (Å²) in [7, 11) is -4.65. The number of hydrogen-bond acceptors (Lipinski definition) is 1. The molecule has 0 aromatic heterocycles. The van der Waals surface area contributed by atoms with E-state index in [2.05, 4.69) is 106 Å². The lowest BCUT2D eigenvalue weighted by atomic mass is 9.46. The van der Waals surface area contributed by atoms with Crippen molar-refractivity contribution >= 4 is 30.0 Å². The van der Waals surface area contributed by atoms with E-state index >= 15 is 0 Å². The minimum atomic E-state index is -1.85. The highest BCUT2D eigenvalue weighted by Crippen LogP contribution is 2.72. The van der Waals surface area contributed by atoms with Gasteiger partial charge in [0, 0.05) is 5.04 Å². The molecule has 7 rings (SSSR count). The molecule has 1 aliphatic heterocycles. The Morgan fingerprint density at radius 3 is 1.64 bits per heavy atom. The second-order valence-corrected chi connectivity index (χ2v) is 27.0. The third-order valence-corrected chi connectivity index (χ3v) is 18.7. The van der Waals surface area contributed by atoms with Crippen LogP contribution in [0, 0.1) is 23.2 Å². The molecule has 0 radical (unpaired) electrons. The van der Waals surface area contributed by atoms with Crippen LogP contribution in [0.1, 0.15) is 49.7 Å². The molecule has 0 saturated heterocycles. The molecule has 4 bridgehead atoms.